The molecule has 1 aliphatic heterocycles. The first-order chi connectivity index (χ1) is 9.15. The molecule has 2 rings (SSSR count). The van der Waals surface area contributed by atoms with Crippen LogP contribution in [0.5, 0.6) is 11.5 Å². The van der Waals surface area contributed by atoms with E-state index in [-0.39, 0.29) is 11.8 Å². The SMILES string of the molecule is CCOc1cccc(C(C(N)=S)N2CCCC2)c1O. The van der Waals surface area contributed by atoms with Crippen molar-refractivity contribution in [1.82, 2.24) is 4.90 Å². The number of hydrogen-bond donors (Lipinski definition) is 2. The Morgan fingerprint density at radius 1 is 1.47 bits per heavy atom. The van der Waals surface area contributed by atoms with Crippen LogP contribution in [0.2, 0.25) is 0 Å². The maximum atomic E-state index is 10.3. The molecule has 3 N–H and O–H groups in total. The third-order valence-corrected chi connectivity index (χ3v) is 3.62. The molecule has 104 valence electrons. The fourth-order valence-electron chi connectivity index (χ4n) is 2.56. The van der Waals surface area contributed by atoms with Gasteiger partial charge in [-0.3, -0.25) is 4.90 Å². The number of hydrogen-bond acceptors (Lipinski definition) is 4. The second kappa shape index (κ2) is 6.21. The van der Waals surface area contributed by atoms with Crippen molar-refractivity contribution in [3.63, 3.8) is 0 Å². The Kier molecular flexibility index (Phi) is 4.61. The van der Waals surface area contributed by atoms with Crippen LogP contribution in [-0.4, -0.2) is 34.7 Å². The van der Waals surface area contributed by atoms with Crippen LogP contribution in [0.4, 0.5) is 0 Å². The zero-order valence-electron chi connectivity index (χ0n) is 11.1. The average molecular weight is 280 g/mol. The van der Waals surface area contributed by atoms with Gasteiger partial charge in [-0.15, -0.1) is 0 Å². The number of phenols is 1. The number of rotatable bonds is 5. The van der Waals surface area contributed by atoms with E-state index in [0.717, 1.165) is 31.5 Å². The summed E-state index contributed by atoms with van der Waals surface area (Å²) in [5.41, 5.74) is 6.62. The monoisotopic (exact) mass is 280 g/mol. The smallest absolute Gasteiger partial charge is 0.162 e. The molecule has 1 atom stereocenters. The average Bonchev–Trinajstić information content (AvgIpc) is 2.87. The normalized spacial score (nSPS) is 17.3. The van der Waals surface area contributed by atoms with Crippen molar-refractivity contribution >= 4 is 17.2 Å². The molecule has 1 saturated heterocycles. The van der Waals surface area contributed by atoms with E-state index in [1.807, 2.05) is 19.1 Å². The third kappa shape index (κ3) is 2.98. The van der Waals surface area contributed by atoms with E-state index in [4.69, 9.17) is 22.7 Å². The third-order valence-electron chi connectivity index (χ3n) is 3.40. The van der Waals surface area contributed by atoms with Crippen LogP contribution in [0.25, 0.3) is 0 Å². The minimum Gasteiger partial charge on any atom is -0.504 e. The molecule has 0 saturated carbocycles. The fraction of sp³-hybridized carbons (Fsp3) is 0.500. The van der Waals surface area contributed by atoms with Crippen LogP contribution in [0.15, 0.2) is 18.2 Å². The van der Waals surface area contributed by atoms with E-state index in [2.05, 4.69) is 4.90 Å². The highest BCUT2D eigenvalue weighted by Crippen LogP contribution is 2.37. The van der Waals surface area contributed by atoms with E-state index >= 15 is 0 Å². The molecule has 1 heterocycles. The first kappa shape index (κ1) is 14.1. The lowest BCUT2D eigenvalue weighted by Gasteiger charge is -2.27. The summed E-state index contributed by atoms with van der Waals surface area (Å²) in [5, 5.41) is 10.3. The van der Waals surface area contributed by atoms with Gasteiger partial charge in [-0.25, -0.2) is 0 Å². The van der Waals surface area contributed by atoms with Crippen molar-refractivity contribution in [2.45, 2.75) is 25.8 Å². The molecule has 19 heavy (non-hydrogen) atoms. The Morgan fingerprint density at radius 3 is 2.74 bits per heavy atom. The van der Waals surface area contributed by atoms with Crippen molar-refractivity contribution in [1.29, 1.82) is 0 Å². The summed E-state index contributed by atoms with van der Waals surface area (Å²) in [7, 11) is 0. The van der Waals surface area contributed by atoms with Gasteiger partial charge in [-0.05, 0) is 38.9 Å². The van der Waals surface area contributed by atoms with E-state index in [9.17, 15) is 5.11 Å². The second-order valence-corrected chi connectivity index (χ2v) is 5.15. The van der Waals surface area contributed by atoms with Gasteiger partial charge in [0.25, 0.3) is 0 Å². The van der Waals surface area contributed by atoms with Crippen molar-refractivity contribution in [2.24, 2.45) is 5.73 Å². The quantitative estimate of drug-likeness (QED) is 0.810. The first-order valence-corrected chi connectivity index (χ1v) is 7.04. The van der Waals surface area contributed by atoms with Gasteiger partial charge in [0.05, 0.1) is 17.6 Å². The van der Waals surface area contributed by atoms with E-state index in [0.29, 0.717) is 17.3 Å². The number of benzene rings is 1. The topological polar surface area (TPSA) is 58.7 Å². The highest BCUT2D eigenvalue weighted by atomic mass is 32.1. The van der Waals surface area contributed by atoms with Crippen molar-refractivity contribution in [3.8, 4) is 11.5 Å². The van der Waals surface area contributed by atoms with Crippen LogP contribution >= 0.6 is 12.2 Å². The van der Waals surface area contributed by atoms with Crippen LogP contribution in [0.1, 0.15) is 31.4 Å². The van der Waals surface area contributed by atoms with Gasteiger partial charge >= 0.3 is 0 Å². The number of nitrogens with zero attached hydrogens (tertiary/aromatic N) is 1. The molecule has 1 fully saturated rings. The number of likely N-dealkylation sites (tertiary alicyclic amines) is 1. The molecular weight excluding hydrogens is 260 g/mol. The van der Waals surface area contributed by atoms with E-state index < -0.39 is 0 Å². The highest BCUT2D eigenvalue weighted by Gasteiger charge is 2.28. The number of para-hydroxylation sites is 1. The second-order valence-electron chi connectivity index (χ2n) is 4.67. The summed E-state index contributed by atoms with van der Waals surface area (Å²) in [6.45, 7) is 4.32. The molecular formula is C14H20N2O2S. The van der Waals surface area contributed by atoms with Crippen LogP contribution in [0.3, 0.4) is 0 Å². The Hall–Kier alpha value is -1.33. The molecule has 1 aromatic rings. The van der Waals surface area contributed by atoms with Gasteiger partial charge < -0.3 is 15.6 Å². The summed E-state index contributed by atoms with van der Waals surface area (Å²) in [6.07, 6.45) is 2.29. The Bertz CT molecular complexity index is 459. The summed E-state index contributed by atoms with van der Waals surface area (Å²) in [6, 6.07) is 5.27. The summed E-state index contributed by atoms with van der Waals surface area (Å²) in [5.74, 6) is 0.634. The molecule has 0 spiro atoms. The molecule has 0 amide bonds. The molecule has 0 aromatic heterocycles. The van der Waals surface area contributed by atoms with Crippen molar-refractivity contribution < 1.29 is 9.84 Å². The molecule has 0 aliphatic carbocycles. The summed E-state index contributed by atoms with van der Waals surface area (Å²) in [4.78, 5) is 2.61. The maximum Gasteiger partial charge on any atom is 0.162 e. The molecule has 0 bridgehead atoms. The minimum absolute atomic E-state index is 0.147. The predicted molar refractivity (Wildman–Crippen MR) is 79.6 cm³/mol. The maximum absolute atomic E-state index is 10.3. The van der Waals surface area contributed by atoms with Gasteiger partial charge in [-0.1, -0.05) is 24.4 Å². The Labute approximate surface area is 119 Å². The molecule has 4 nitrogen and oxygen atoms in total. The largest absolute Gasteiger partial charge is 0.504 e. The lowest BCUT2D eigenvalue weighted by atomic mass is 10.0. The lowest BCUT2D eigenvalue weighted by molar-refractivity contribution is 0.288. The lowest BCUT2D eigenvalue weighted by Crippen LogP contribution is -2.35. The Balaban J connectivity index is 2.36. The van der Waals surface area contributed by atoms with Gasteiger partial charge in [0.2, 0.25) is 0 Å². The van der Waals surface area contributed by atoms with Gasteiger partial charge in [0.1, 0.15) is 0 Å². The zero-order valence-corrected chi connectivity index (χ0v) is 11.9. The number of thiocarbonyl (C=S) groups is 1. The molecule has 1 aliphatic rings. The molecule has 1 unspecified atom stereocenters. The van der Waals surface area contributed by atoms with Crippen molar-refractivity contribution in [3.05, 3.63) is 23.8 Å². The van der Waals surface area contributed by atoms with E-state index in [1.54, 1.807) is 6.07 Å². The minimum atomic E-state index is -0.210. The highest BCUT2D eigenvalue weighted by molar-refractivity contribution is 7.80. The van der Waals surface area contributed by atoms with Crippen LogP contribution in [-0.2, 0) is 0 Å². The fourth-order valence-corrected chi connectivity index (χ4v) is 2.84. The van der Waals surface area contributed by atoms with Gasteiger partial charge in [0.15, 0.2) is 11.5 Å². The number of nitrogens with two attached hydrogens (primary N) is 1. The van der Waals surface area contributed by atoms with Gasteiger partial charge in [-0.2, -0.15) is 0 Å². The standard InChI is InChI=1S/C14H20N2O2S/c1-2-18-11-7-5-6-10(13(11)17)12(14(15)19)16-8-3-4-9-16/h5-7,12,17H,2-4,8-9H2,1H3,(H2,15,19). The van der Waals surface area contributed by atoms with E-state index in [1.165, 1.54) is 0 Å². The number of phenolic OH excluding ortho intramolecular Hbond substituents is 1. The molecule has 5 heteroatoms. The zero-order chi connectivity index (χ0) is 13.8. The Morgan fingerprint density at radius 2 is 2.16 bits per heavy atom. The van der Waals surface area contributed by atoms with Gasteiger partial charge in [0, 0.05) is 5.56 Å². The van der Waals surface area contributed by atoms with Crippen LogP contribution < -0.4 is 10.5 Å². The number of aromatic hydroxyl groups is 1. The molecule has 1 aromatic carbocycles. The molecule has 0 radical (unpaired) electrons. The van der Waals surface area contributed by atoms with Crippen molar-refractivity contribution in [2.75, 3.05) is 19.7 Å². The summed E-state index contributed by atoms with van der Waals surface area (Å²) >= 11 is 5.19. The predicted octanol–water partition coefficient (Wildman–Crippen LogP) is 2.21. The first-order valence-electron chi connectivity index (χ1n) is 6.63. The summed E-state index contributed by atoms with van der Waals surface area (Å²) < 4.78 is 5.42. The number of ether oxygens (including phenoxy) is 1. The van der Waals surface area contributed by atoms with Crippen LogP contribution in [0, 0.1) is 0 Å².